The molecule has 0 N–H and O–H groups in total. The van der Waals surface area contributed by atoms with Crippen LogP contribution in [0.15, 0.2) is 30.3 Å². The Bertz CT molecular complexity index is 349. The largest absolute Gasteiger partial charge is 0.198 e. The van der Waals surface area contributed by atoms with Crippen molar-refractivity contribution in [2.45, 2.75) is 32.1 Å². The molecule has 1 aliphatic carbocycles. The smallest absolute Gasteiger partial charge is 0.0662 e. The molecule has 0 aromatic heterocycles. The minimum Gasteiger partial charge on any atom is -0.198 e. The van der Waals surface area contributed by atoms with Crippen molar-refractivity contribution < 1.29 is 0 Å². The van der Waals surface area contributed by atoms with Gasteiger partial charge in [0, 0.05) is 5.92 Å². The third kappa shape index (κ3) is 1.90. The maximum Gasteiger partial charge on any atom is 0.0662 e. The quantitative estimate of drug-likeness (QED) is 0.712. The van der Waals surface area contributed by atoms with E-state index in [9.17, 15) is 0 Å². The zero-order valence-corrected chi connectivity index (χ0v) is 9.19. The van der Waals surface area contributed by atoms with Gasteiger partial charge >= 0.3 is 0 Å². The van der Waals surface area contributed by atoms with Crippen molar-refractivity contribution in [2.75, 3.05) is 0 Å². The van der Waals surface area contributed by atoms with E-state index in [1.807, 2.05) is 6.07 Å². The molecule has 78 valence electrons. The molecule has 0 spiro atoms. The van der Waals surface area contributed by atoms with Crippen molar-refractivity contribution in [2.24, 2.45) is 11.8 Å². The van der Waals surface area contributed by atoms with Gasteiger partial charge in [-0.1, -0.05) is 43.7 Å². The summed E-state index contributed by atoms with van der Waals surface area (Å²) < 4.78 is 0. The van der Waals surface area contributed by atoms with Gasteiger partial charge in [0.1, 0.15) is 0 Å². The van der Waals surface area contributed by atoms with E-state index in [0.717, 1.165) is 6.42 Å². The second-order valence-electron chi connectivity index (χ2n) is 4.42. The molecule has 0 radical (unpaired) electrons. The van der Waals surface area contributed by atoms with Crippen LogP contribution in [-0.2, 0) is 0 Å². The molecule has 1 fully saturated rings. The van der Waals surface area contributed by atoms with E-state index in [1.165, 1.54) is 18.4 Å². The van der Waals surface area contributed by atoms with Crippen LogP contribution in [0.1, 0.15) is 37.7 Å². The van der Waals surface area contributed by atoms with Crippen molar-refractivity contribution in [3.8, 4) is 6.07 Å². The first-order valence-corrected chi connectivity index (χ1v) is 5.81. The minimum absolute atomic E-state index is 0.234. The van der Waals surface area contributed by atoms with Gasteiger partial charge in [0.15, 0.2) is 0 Å². The van der Waals surface area contributed by atoms with E-state index in [2.05, 4.69) is 37.3 Å². The van der Waals surface area contributed by atoms with Crippen LogP contribution < -0.4 is 0 Å². The molecule has 15 heavy (non-hydrogen) atoms. The Labute approximate surface area is 91.7 Å². The minimum atomic E-state index is 0.234. The summed E-state index contributed by atoms with van der Waals surface area (Å²) >= 11 is 0. The molecule has 1 nitrogen and oxygen atoms in total. The fourth-order valence-corrected chi connectivity index (χ4v) is 2.86. The Morgan fingerprint density at radius 3 is 2.60 bits per heavy atom. The normalized spacial score (nSPS) is 30.0. The van der Waals surface area contributed by atoms with E-state index >= 15 is 0 Å². The molecule has 1 heteroatoms. The Kier molecular flexibility index (Phi) is 3.06. The number of benzene rings is 1. The molecular weight excluding hydrogens is 182 g/mol. The van der Waals surface area contributed by atoms with Gasteiger partial charge in [0.2, 0.25) is 0 Å². The molecular formula is C14H17N. The topological polar surface area (TPSA) is 23.8 Å². The predicted octanol–water partition coefficient (Wildman–Crippen LogP) is 3.73. The molecule has 2 rings (SSSR count). The molecule has 1 saturated carbocycles. The fourth-order valence-electron chi connectivity index (χ4n) is 2.86. The highest BCUT2D eigenvalue weighted by Gasteiger charge is 2.35. The van der Waals surface area contributed by atoms with E-state index in [0.29, 0.717) is 11.8 Å². The third-order valence-corrected chi connectivity index (χ3v) is 3.66. The Morgan fingerprint density at radius 1 is 1.27 bits per heavy atom. The average molecular weight is 199 g/mol. The Hall–Kier alpha value is -1.29. The van der Waals surface area contributed by atoms with Gasteiger partial charge in [-0.25, -0.2) is 0 Å². The van der Waals surface area contributed by atoms with E-state index in [4.69, 9.17) is 5.26 Å². The van der Waals surface area contributed by atoms with Crippen LogP contribution in [0.25, 0.3) is 0 Å². The zero-order valence-electron chi connectivity index (χ0n) is 9.19. The third-order valence-electron chi connectivity index (χ3n) is 3.66. The lowest BCUT2D eigenvalue weighted by Gasteiger charge is -2.20. The highest BCUT2D eigenvalue weighted by Crippen LogP contribution is 2.45. The fraction of sp³-hybridized carbons (Fsp3) is 0.500. The van der Waals surface area contributed by atoms with Crippen molar-refractivity contribution >= 4 is 0 Å². The lowest BCUT2D eigenvalue weighted by Crippen LogP contribution is -2.11. The van der Waals surface area contributed by atoms with Gasteiger partial charge in [0.05, 0.1) is 12.0 Å². The molecule has 0 bridgehead atoms. The van der Waals surface area contributed by atoms with Crippen molar-refractivity contribution in [1.82, 2.24) is 0 Å². The summed E-state index contributed by atoms with van der Waals surface area (Å²) in [5.41, 5.74) is 1.36. The maximum atomic E-state index is 9.16. The van der Waals surface area contributed by atoms with Crippen LogP contribution in [0.4, 0.5) is 0 Å². The zero-order chi connectivity index (χ0) is 10.7. The van der Waals surface area contributed by atoms with Crippen molar-refractivity contribution in [3.05, 3.63) is 35.9 Å². The van der Waals surface area contributed by atoms with Gasteiger partial charge in [-0.15, -0.1) is 0 Å². The van der Waals surface area contributed by atoms with Gasteiger partial charge in [-0.05, 0) is 24.3 Å². The van der Waals surface area contributed by atoms with Crippen LogP contribution >= 0.6 is 0 Å². The van der Waals surface area contributed by atoms with Gasteiger partial charge in [-0.2, -0.15) is 5.26 Å². The lowest BCUT2D eigenvalue weighted by molar-refractivity contribution is 0.444. The van der Waals surface area contributed by atoms with Crippen LogP contribution in [-0.4, -0.2) is 0 Å². The van der Waals surface area contributed by atoms with Crippen molar-refractivity contribution in [1.29, 1.82) is 5.26 Å². The highest BCUT2D eigenvalue weighted by atomic mass is 14.4. The molecule has 0 amide bonds. The number of hydrogen-bond donors (Lipinski definition) is 0. The summed E-state index contributed by atoms with van der Waals surface area (Å²) in [5, 5.41) is 9.16. The van der Waals surface area contributed by atoms with Gasteiger partial charge < -0.3 is 0 Å². The first-order chi connectivity index (χ1) is 7.36. The molecule has 1 aliphatic rings. The maximum absolute atomic E-state index is 9.16. The molecule has 0 heterocycles. The lowest BCUT2D eigenvalue weighted by atomic mass is 9.83. The van der Waals surface area contributed by atoms with Crippen LogP contribution in [0, 0.1) is 23.2 Å². The molecule has 3 atom stereocenters. The molecule has 3 unspecified atom stereocenters. The summed E-state index contributed by atoms with van der Waals surface area (Å²) in [4.78, 5) is 0. The Balaban J connectivity index is 2.28. The second-order valence-corrected chi connectivity index (χ2v) is 4.42. The standard InChI is InChI=1S/C14H17N/c1-2-11-8-9-13(10-15)14(11)12-6-4-3-5-7-12/h3-7,11,13-14H,2,8-9H2,1H3. The summed E-state index contributed by atoms with van der Waals surface area (Å²) in [6.45, 7) is 2.24. The molecule has 1 aromatic rings. The summed E-state index contributed by atoms with van der Waals surface area (Å²) in [6.07, 6.45) is 3.49. The van der Waals surface area contributed by atoms with E-state index in [-0.39, 0.29) is 5.92 Å². The second kappa shape index (κ2) is 4.49. The average Bonchev–Trinajstić information content (AvgIpc) is 2.72. The number of nitriles is 1. The van der Waals surface area contributed by atoms with Gasteiger partial charge in [-0.3, -0.25) is 0 Å². The van der Waals surface area contributed by atoms with Crippen LogP contribution in [0.2, 0.25) is 0 Å². The number of hydrogen-bond acceptors (Lipinski definition) is 1. The summed E-state index contributed by atoms with van der Waals surface area (Å²) in [5.74, 6) is 1.41. The molecule has 0 aliphatic heterocycles. The van der Waals surface area contributed by atoms with Gasteiger partial charge in [0.25, 0.3) is 0 Å². The van der Waals surface area contributed by atoms with E-state index < -0.39 is 0 Å². The van der Waals surface area contributed by atoms with E-state index in [1.54, 1.807) is 0 Å². The summed E-state index contributed by atoms with van der Waals surface area (Å²) in [7, 11) is 0. The first-order valence-electron chi connectivity index (χ1n) is 5.81. The van der Waals surface area contributed by atoms with Crippen LogP contribution in [0.5, 0.6) is 0 Å². The molecule has 0 saturated heterocycles. The van der Waals surface area contributed by atoms with Crippen LogP contribution in [0.3, 0.4) is 0 Å². The first kappa shape index (κ1) is 10.2. The SMILES string of the molecule is CCC1CCC(C#N)C1c1ccccc1. The predicted molar refractivity (Wildman–Crippen MR) is 61.3 cm³/mol. The Morgan fingerprint density at radius 2 is 2.00 bits per heavy atom. The highest BCUT2D eigenvalue weighted by molar-refractivity contribution is 5.24. The molecule has 1 aromatic carbocycles. The van der Waals surface area contributed by atoms with Crippen molar-refractivity contribution in [3.63, 3.8) is 0 Å². The summed E-state index contributed by atoms with van der Waals surface area (Å²) in [6, 6.07) is 13.0. The number of rotatable bonds is 2. The number of nitrogens with zero attached hydrogens (tertiary/aromatic N) is 1. The monoisotopic (exact) mass is 199 g/mol.